The number of para-hydroxylation sites is 2. The fraction of sp³-hybridized carbons (Fsp3) is 0.200. The summed E-state index contributed by atoms with van der Waals surface area (Å²) in [5.41, 5.74) is 7.65. The molecule has 0 atom stereocenters. The monoisotopic (exact) mass is 288 g/mol. The Labute approximate surface area is 130 Å². The zero-order valence-electron chi connectivity index (χ0n) is 13.3. The molecule has 0 saturated carbocycles. The molecule has 1 N–H and O–H groups in total. The highest BCUT2D eigenvalue weighted by atomic mass is 15.1. The highest BCUT2D eigenvalue weighted by Gasteiger charge is 2.16. The van der Waals surface area contributed by atoms with Crippen LogP contribution in [0.1, 0.15) is 23.7 Å². The van der Waals surface area contributed by atoms with E-state index in [1.807, 2.05) is 0 Å². The summed E-state index contributed by atoms with van der Waals surface area (Å²) in [6, 6.07) is 17.5. The maximum atomic E-state index is 3.62. The SMILES string of the molecule is CCc1cc2c3ccccc3n(-c3c(C)cccc3C)c2[nH]1. The van der Waals surface area contributed by atoms with Crippen LogP contribution < -0.4 is 0 Å². The van der Waals surface area contributed by atoms with E-state index in [0.29, 0.717) is 0 Å². The largest absolute Gasteiger partial charge is 0.344 e. The Hall–Kier alpha value is -2.48. The minimum absolute atomic E-state index is 1.02. The Morgan fingerprint density at radius 1 is 0.909 bits per heavy atom. The maximum absolute atomic E-state index is 3.62. The van der Waals surface area contributed by atoms with Crippen LogP contribution in [0, 0.1) is 13.8 Å². The van der Waals surface area contributed by atoms with Gasteiger partial charge in [-0.3, -0.25) is 4.57 Å². The standard InChI is InChI=1S/C20H20N2/c1-4-15-12-17-16-10-5-6-11-18(16)22(20(17)21-15)19-13(2)8-7-9-14(19)3/h5-12,21H,4H2,1-3H3. The lowest BCUT2D eigenvalue weighted by Crippen LogP contribution is -2.00. The van der Waals surface area contributed by atoms with Crippen molar-refractivity contribution >= 4 is 21.9 Å². The van der Waals surface area contributed by atoms with Crippen molar-refractivity contribution in [2.24, 2.45) is 0 Å². The number of hydrogen-bond donors (Lipinski definition) is 1. The van der Waals surface area contributed by atoms with E-state index < -0.39 is 0 Å². The second-order valence-corrected chi connectivity index (χ2v) is 6.00. The molecular weight excluding hydrogens is 268 g/mol. The van der Waals surface area contributed by atoms with Gasteiger partial charge in [-0.2, -0.15) is 0 Å². The first-order valence-corrected chi connectivity index (χ1v) is 7.88. The molecule has 0 unspecified atom stereocenters. The normalized spacial score (nSPS) is 11.6. The Morgan fingerprint density at radius 3 is 2.36 bits per heavy atom. The minimum atomic E-state index is 1.02. The highest BCUT2D eigenvalue weighted by Crippen LogP contribution is 2.34. The van der Waals surface area contributed by atoms with Gasteiger partial charge in [-0.15, -0.1) is 0 Å². The van der Waals surface area contributed by atoms with E-state index in [9.17, 15) is 0 Å². The Balaban J connectivity index is 2.21. The number of aromatic amines is 1. The van der Waals surface area contributed by atoms with Crippen molar-refractivity contribution in [3.8, 4) is 5.69 Å². The topological polar surface area (TPSA) is 20.7 Å². The molecule has 2 heteroatoms. The van der Waals surface area contributed by atoms with Crippen LogP contribution in [0.25, 0.3) is 27.6 Å². The molecule has 2 heterocycles. The van der Waals surface area contributed by atoms with Gasteiger partial charge in [0.1, 0.15) is 5.65 Å². The van der Waals surface area contributed by atoms with Crippen molar-refractivity contribution in [2.75, 3.05) is 0 Å². The number of fused-ring (bicyclic) bond motifs is 3. The lowest BCUT2D eigenvalue weighted by Gasteiger charge is -2.13. The first kappa shape index (κ1) is 13.2. The Bertz CT molecular complexity index is 965. The number of H-pyrrole nitrogens is 1. The zero-order chi connectivity index (χ0) is 15.3. The van der Waals surface area contributed by atoms with E-state index in [1.165, 1.54) is 44.4 Å². The minimum Gasteiger partial charge on any atom is -0.344 e. The molecule has 0 fully saturated rings. The van der Waals surface area contributed by atoms with Crippen LogP contribution in [-0.2, 0) is 6.42 Å². The molecule has 22 heavy (non-hydrogen) atoms. The number of benzene rings is 2. The van der Waals surface area contributed by atoms with E-state index in [-0.39, 0.29) is 0 Å². The van der Waals surface area contributed by atoms with E-state index in [2.05, 4.69) is 78.9 Å². The van der Waals surface area contributed by atoms with Crippen LogP contribution in [-0.4, -0.2) is 9.55 Å². The summed E-state index contributed by atoms with van der Waals surface area (Å²) in [6.45, 7) is 6.56. The summed E-state index contributed by atoms with van der Waals surface area (Å²) in [5, 5.41) is 2.63. The van der Waals surface area contributed by atoms with Crippen LogP contribution in [0.5, 0.6) is 0 Å². The van der Waals surface area contributed by atoms with Crippen molar-refractivity contribution in [2.45, 2.75) is 27.2 Å². The molecule has 2 nitrogen and oxygen atoms in total. The fourth-order valence-electron chi connectivity index (χ4n) is 3.48. The predicted molar refractivity (Wildman–Crippen MR) is 94.0 cm³/mol. The summed E-state index contributed by atoms with van der Waals surface area (Å²) in [7, 11) is 0. The first-order chi connectivity index (χ1) is 10.7. The summed E-state index contributed by atoms with van der Waals surface area (Å²) in [5.74, 6) is 0. The van der Waals surface area contributed by atoms with E-state index in [0.717, 1.165) is 6.42 Å². The third kappa shape index (κ3) is 1.73. The van der Waals surface area contributed by atoms with Gasteiger partial charge in [0.25, 0.3) is 0 Å². The van der Waals surface area contributed by atoms with Crippen molar-refractivity contribution in [3.63, 3.8) is 0 Å². The van der Waals surface area contributed by atoms with Gasteiger partial charge in [-0.1, -0.05) is 43.3 Å². The highest BCUT2D eigenvalue weighted by molar-refractivity contribution is 6.08. The number of aryl methyl sites for hydroxylation is 3. The smallest absolute Gasteiger partial charge is 0.123 e. The van der Waals surface area contributed by atoms with Gasteiger partial charge < -0.3 is 4.98 Å². The number of nitrogens with one attached hydrogen (secondary N) is 1. The predicted octanol–water partition coefficient (Wildman–Crippen LogP) is 5.29. The van der Waals surface area contributed by atoms with E-state index in [1.54, 1.807) is 0 Å². The molecule has 0 saturated heterocycles. The number of rotatable bonds is 2. The Morgan fingerprint density at radius 2 is 1.64 bits per heavy atom. The molecule has 0 aliphatic carbocycles. The number of aromatic nitrogens is 2. The van der Waals surface area contributed by atoms with Gasteiger partial charge in [-0.05, 0) is 43.5 Å². The average molecular weight is 288 g/mol. The van der Waals surface area contributed by atoms with Crippen LogP contribution in [0.4, 0.5) is 0 Å². The van der Waals surface area contributed by atoms with Crippen molar-refractivity contribution in [1.29, 1.82) is 0 Å². The molecule has 4 rings (SSSR count). The van der Waals surface area contributed by atoms with Crippen molar-refractivity contribution < 1.29 is 0 Å². The van der Waals surface area contributed by atoms with Gasteiger partial charge in [0.15, 0.2) is 0 Å². The molecule has 4 aromatic rings. The quantitative estimate of drug-likeness (QED) is 0.517. The van der Waals surface area contributed by atoms with Gasteiger partial charge in [-0.25, -0.2) is 0 Å². The van der Waals surface area contributed by atoms with Crippen LogP contribution in [0.3, 0.4) is 0 Å². The molecule has 0 spiro atoms. The van der Waals surface area contributed by atoms with Crippen molar-refractivity contribution in [1.82, 2.24) is 9.55 Å². The first-order valence-electron chi connectivity index (χ1n) is 7.88. The van der Waals surface area contributed by atoms with E-state index >= 15 is 0 Å². The number of hydrogen-bond acceptors (Lipinski definition) is 0. The van der Waals surface area contributed by atoms with E-state index in [4.69, 9.17) is 0 Å². The second-order valence-electron chi connectivity index (χ2n) is 6.00. The molecule has 0 amide bonds. The van der Waals surface area contributed by atoms with Crippen molar-refractivity contribution in [3.05, 3.63) is 65.4 Å². The van der Waals surface area contributed by atoms with Gasteiger partial charge in [0.05, 0.1) is 11.2 Å². The molecule has 0 radical (unpaired) electrons. The zero-order valence-corrected chi connectivity index (χ0v) is 13.3. The molecular formula is C20H20N2. The maximum Gasteiger partial charge on any atom is 0.123 e. The number of nitrogens with zero attached hydrogens (tertiary/aromatic N) is 1. The average Bonchev–Trinajstić information content (AvgIpc) is 3.05. The summed E-state index contributed by atoms with van der Waals surface area (Å²) >= 11 is 0. The molecule has 0 bridgehead atoms. The molecule has 0 aliphatic rings. The lowest BCUT2D eigenvalue weighted by atomic mass is 10.1. The van der Waals surface area contributed by atoms with Gasteiger partial charge in [0, 0.05) is 16.5 Å². The lowest BCUT2D eigenvalue weighted by molar-refractivity contribution is 1.04. The molecule has 0 aliphatic heterocycles. The molecule has 110 valence electrons. The third-order valence-corrected chi connectivity index (χ3v) is 4.56. The van der Waals surface area contributed by atoms with Crippen LogP contribution >= 0.6 is 0 Å². The van der Waals surface area contributed by atoms with Gasteiger partial charge >= 0.3 is 0 Å². The molecule has 2 aromatic carbocycles. The summed E-state index contributed by atoms with van der Waals surface area (Å²) in [6.07, 6.45) is 1.02. The molecule has 2 aromatic heterocycles. The van der Waals surface area contributed by atoms with Gasteiger partial charge in [0.2, 0.25) is 0 Å². The third-order valence-electron chi connectivity index (χ3n) is 4.56. The fourth-order valence-corrected chi connectivity index (χ4v) is 3.48. The van der Waals surface area contributed by atoms with Crippen LogP contribution in [0.15, 0.2) is 48.5 Å². The van der Waals surface area contributed by atoms with Crippen LogP contribution in [0.2, 0.25) is 0 Å². The summed E-state index contributed by atoms with van der Waals surface area (Å²) in [4.78, 5) is 3.62. The second kappa shape index (κ2) is 4.77. The summed E-state index contributed by atoms with van der Waals surface area (Å²) < 4.78 is 2.38. The Kier molecular flexibility index (Phi) is 2.86.